The van der Waals surface area contributed by atoms with Crippen molar-refractivity contribution in [1.29, 1.82) is 0 Å². The summed E-state index contributed by atoms with van der Waals surface area (Å²) in [5, 5.41) is 22.1. The Hall–Kier alpha value is -2.44. The summed E-state index contributed by atoms with van der Waals surface area (Å²) in [5.74, 6) is -1.95. The molecule has 0 aliphatic rings. The summed E-state index contributed by atoms with van der Waals surface area (Å²) in [7, 11) is 0. The summed E-state index contributed by atoms with van der Waals surface area (Å²) in [6.45, 7) is 4.88. The van der Waals surface area contributed by atoms with Gasteiger partial charge in [0.2, 0.25) is 0 Å². The number of hydrogen-bond acceptors (Lipinski definition) is 4. The molecule has 1 aromatic rings. The van der Waals surface area contributed by atoms with Crippen LogP contribution < -0.4 is 5.32 Å². The van der Waals surface area contributed by atoms with E-state index >= 15 is 0 Å². The number of nitro benzene ring substituents is 1. The average Bonchev–Trinajstić information content (AvgIpc) is 2.34. The van der Waals surface area contributed by atoms with E-state index in [2.05, 4.69) is 5.32 Å². The molecule has 0 heterocycles. The number of carbonyl (C=O) groups is 2. The molecule has 20 heavy (non-hydrogen) atoms. The zero-order valence-electron chi connectivity index (χ0n) is 11.4. The molecule has 2 N–H and O–H groups in total. The Balaban J connectivity index is 2.96. The molecule has 0 radical (unpaired) electrons. The third-order valence-corrected chi connectivity index (χ3v) is 2.87. The minimum absolute atomic E-state index is 0.0832. The number of carboxylic acid groups (broad SMARTS) is 1. The van der Waals surface area contributed by atoms with Crippen molar-refractivity contribution in [2.45, 2.75) is 26.8 Å². The second-order valence-electron chi connectivity index (χ2n) is 4.79. The molecule has 1 amide bonds. The number of aryl methyl sites for hydroxylation is 1. The Bertz CT molecular complexity index is 554. The highest BCUT2D eigenvalue weighted by atomic mass is 16.6. The summed E-state index contributed by atoms with van der Waals surface area (Å²) < 4.78 is 0. The SMILES string of the molecule is Cc1cc(C(=O)N[C@@H](C(=O)O)C(C)C)ccc1[N+](=O)[O-]. The van der Waals surface area contributed by atoms with Crippen LogP contribution in [-0.4, -0.2) is 27.9 Å². The van der Waals surface area contributed by atoms with E-state index in [1.165, 1.54) is 25.1 Å². The van der Waals surface area contributed by atoms with Crippen LogP contribution in [0.5, 0.6) is 0 Å². The van der Waals surface area contributed by atoms with Crippen LogP contribution >= 0.6 is 0 Å². The molecular formula is C13H16N2O5. The molecule has 0 saturated heterocycles. The van der Waals surface area contributed by atoms with Crippen LogP contribution in [0.1, 0.15) is 29.8 Å². The molecule has 0 bridgehead atoms. The van der Waals surface area contributed by atoms with Crippen LogP contribution in [0.3, 0.4) is 0 Å². The quantitative estimate of drug-likeness (QED) is 0.630. The van der Waals surface area contributed by atoms with E-state index in [0.29, 0.717) is 5.56 Å². The average molecular weight is 280 g/mol. The lowest BCUT2D eigenvalue weighted by Crippen LogP contribution is -2.44. The first-order chi connectivity index (χ1) is 9.23. The number of carboxylic acids is 1. The highest BCUT2D eigenvalue weighted by Gasteiger charge is 2.24. The molecule has 1 atom stereocenters. The van der Waals surface area contributed by atoms with Crippen molar-refractivity contribution in [2.75, 3.05) is 0 Å². The lowest BCUT2D eigenvalue weighted by atomic mass is 10.0. The first-order valence-electron chi connectivity index (χ1n) is 6.02. The Morgan fingerprint density at radius 1 is 1.35 bits per heavy atom. The maximum absolute atomic E-state index is 12.0. The predicted octanol–water partition coefficient (Wildman–Crippen LogP) is 1.74. The van der Waals surface area contributed by atoms with Gasteiger partial charge in [0.25, 0.3) is 11.6 Å². The van der Waals surface area contributed by atoms with Crippen molar-refractivity contribution in [2.24, 2.45) is 5.92 Å². The zero-order chi connectivity index (χ0) is 15.4. The lowest BCUT2D eigenvalue weighted by Gasteiger charge is -2.17. The summed E-state index contributed by atoms with van der Waals surface area (Å²) >= 11 is 0. The van der Waals surface area contributed by atoms with E-state index in [1.807, 2.05) is 0 Å². The first kappa shape index (κ1) is 15.6. The van der Waals surface area contributed by atoms with E-state index in [-0.39, 0.29) is 17.2 Å². The summed E-state index contributed by atoms with van der Waals surface area (Å²) in [6, 6.07) is 2.90. The molecule has 108 valence electrons. The second kappa shape index (κ2) is 6.14. The van der Waals surface area contributed by atoms with Gasteiger partial charge in [0.1, 0.15) is 6.04 Å². The third kappa shape index (κ3) is 3.53. The number of nitro groups is 1. The van der Waals surface area contributed by atoms with Gasteiger partial charge in [0, 0.05) is 17.2 Å². The van der Waals surface area contributed by atoms with Gasteiger partial charge in [-0.05, 0) is 25.0 Å². The molecule has 0 aliphatic carbocycles. The van der Waals surface area contributed by atoms with Crippen LogP contribution in [0.25, 0.3) is 0 Å². The highest BCUT2D eigenvalue weighted by molar-refractivity contribution is 5.97. The molecule has 0 aromatic heterocycles. The van der Waals surface area contributed by atoms with Gasteiger partial charge in [-0.1, -0.05) is 13.8 Å². The van der Waals surface area contributed by atoms with Gasteiger partial charge in [0.05, 0.1) is 4.92 Å². The Morgan fingerprint density at radius 2 is 1.95 bits per heavy atom. The topological polar surface area (TPSA) is 110 Å². The standard InChI is InChI=1S/C13H16N2O5/c1-7(2)11(13(17)18)14-12(16)9-4-5-10(15(19)20)8(3)6-9/h4-7,11H,1-3H3,(H,14,16)(H,17,18)/t11-/m1/s1. The number of carbonyl (C=O) groups excluding carboxylic acids is 1. The van der Waals surface area contributed by atoms with Gasteiger partial charge in [-0.25, -0.2) is 4.79 Å². The number of hydrogen-bond donors (Lipinski definition) is 2. The van der Waals surface area contributed by atoms with Gasteiger partial charge in [-0.15, -0.1) is 0 Å². The molecule has 1 rings (SSSR count). The number of nitrogens with one attached hydrogen (secondary N) is 1. The molecule has 7 heteroatoms. The number of benzene rings is 1. The number of nitrogens with zero attached hydrogens (tertiary/aromatic N) is 1. The summed E-state index contributed by atoms with van der Waals surface area (Å²) in [6.07, 6.45) is 0. The van der Waals surface area contributed by atoms with Crippen molar-refractivity contribution < 1.29 is 19.6 Å². The molecule has 7 nitrogen and oxygen atoms in total. The van der Waals surface area contributed by atoms with Crippen LogP contribution in [0.2, 0.25) is 0 Å². The summed E-state index contributed by atoms with van der Waals surface area (Å²) in [4.78, 5) is 33.1. The fraction of sp³-hybridized carbons (Fsp3) is 0.385. The van der Waals surface area contributed by atoms with Gasteiger partial charge >= 0.3 is 5.97 Å². The van der Waals surface area contributed by atoms with Crippen LogP contribution in [0, 0.1) is 23.0 Å². The Kier molecular flexibility index (Phi) is 4.79. The van der Waals surface area contributed by atoms with Crippen LogP contribution in [-0.2, 0) is 4.79 Å². The van der Waals surface area contributed by atoms with Crippen molar-refractivity contribution in [1.82, 2.24) is 5.32 Å². The van der Waals surface area contributed by atoms with E-state index in [9.17, 15) is 19.7 Å². The molecule has 0 saturated carbocycles. The third-order valence-electron chi connectivity index (χ3n) is 2.87. The molecule has 0 fully saturated rings. The maximum Gasteiger partial charge on any atom is 0.326 e. The second-order valence-corrected chi connectivity index (χ2v) is 4.79. The van der Waals surface area contributed by atoms with E-state index in [1.54, 1.807) is 13.8 Å². The Labute approximate surface area is 115 Å². The molecule has 0 aliphatic heterocycles. The van der Waals surface area contributed by atoms with Gasteiger partial charge < -0.3 is 10.4 Å². The van der Waals surface area contributed by atoms with E-state index in [0.717, 1.165) is 0 Å². The first-order valence-corrected chi connectivity index (χ1v) is 6.02. The predicted molar refractivity (Wildman–Crippen MR) is 71.6 cm³/mol. The van der Waals surface area contributed by atoms with Crippen molar-refractivity contribution >= 4 is 17.6 Å². The van der Waals surface area contributed by atoms with Crippen molar-refractivity contribution in [3.8, 4) is 0 Å². The summed E-state index contributed by atoms with van der Waals surface area (Å²) in [5.41, 5.74) is 0.458. The van der Waals surface area contributed by atoms with Crippen molar-refractivity contribution in [3.63, 3.8) is 0 Å². The highest BCUT2D eigenvalue weighted by Crippen LogP contribution is 2.19. The van der Waals surface area contributed by atoms with Gasteiger partial charge in [0.15, 0.2) is 0 Å². The largest absolute Gasteiger partial charge is 0.480 e. The monoisotopic (exact) mass is 280 g/mol. The number of rotatable bonds is 5. The molecular weight excluding hydrogens is 264 g/mol. The smallest absolute Gasteiger partial charge is 0.326 e. The fourth-order valence-corrected chi connectivity index (χ4v) is 1.74. The Morgan fingerprint density at radius 3 is 2.35 bits per heavy atom. The van der Waals surface area contributed by atoms with Crippen LogP contribution in [0.4, 0.5) is 5.69 Å². The normalized spacial score (nSPS) is 12.0. The number of aliphatic carboxylic acids is 1. The molecule has 0 spiro atoms. The molecule has 1 aromatic carbocycles. The molecule has 0 unspecified atom stereocenters. The van der Waals surface area contributed by atoms with Crippen molar-refractivity contribution in [3.05, 3.63) is 39.4 Å². The van der Waals surface area contributed by atoms with Crippen LogP contribution in [0.15, 0.2) is 18.2 Å². The fourth-order valence-electron chi connectivity index (χ4n) is 1.74. The van der Waals surface area contributed by atoms with E-state index < -0.39 is 22.8 Å². The maximum atomic E-state index is 12.0. The van der Waals surface area contributed by atoms with Gasteiger partial charge in [-0.2, -0.15) is 0 Å². The number of amides is 1. The minimum atomic E-state index is -1.12. The lowest BCUT2D eigenvalue weighted by molar-refractivity contribution is -0.385. The zero-order valence-corrected chi connectivity index (χ0v) is 11.4. The van der Waals surface area contributed by atoms with E-state index in [4.69, 9.17) is 5.11 Å². The minimum Gasteiger partial charge on any atom is -0.480 e. The van der Waals surface area contributed by atoms with Gasteiger partial charge in [-0.3, -0.25) is 14.9 Å².